The topological polar surface area (TPSA) is 79.7 Å². The molecule has 0 radical (unpaired) electrons. The van der Waals surface area contributed by atoms with Crippen LogP contribution in [0.4, 0.5) is 33.7 Å². The number of amides is 3. The zero-order valence-corrected chi connectivity index (χ0v) is 23.4. The molecule has 7 nitrogen and oxygen atoms in total. The van der Waals surface area contributed by atoms with Gasteiger partial charge in [-0.25, -0.2) is 9.18 Å². The molecular weight excluding hydrogens is 562 g/mol. The number of nitriles is 1. The number of nitrogens with one attached hydrogen (secondary N) is 1. The SMILES string of the molecule is N#Cc1cccc(-c2ccc(N(CCN3CCC[C@@H]3C(=O)N3CCCC3)C(=O)Nc3ccc(F)c(C(F)(F)F)c3)cc2)c1. The summed E-state index contributed by atoms with van der Waals surface area (Å²) in [6.07, 6.45) is -1.36. The molecule has 0 bridgehead atoms. The summed E-state index contributed by atoms with van der Waals surface area (Å²) in [5.41, 5.74) is 0.942. The van der Waals surface area contributed by atoms with E-state index < -0.39 is 23.6 Å². The Labute approximate surface area is 247 Å². The first-order valence-corrected chi connectivity index (χ1v) is 14.2. The van der Waals surface area contributed by atoms with Crippen LogP contribution < -0.4 is 10.2 Å². The molecule has 2 heterocycles. The highest BCUT2D eigenvalue weighted by Crippen LogP contribution is 2.33. The summed E-state index contributed by atoms with van der Waals surface area (Å²) >= 11 is 0. The number of likely N-dealkylation sites (tertiary alicyclic amines) is 2. The van der Waals surface area contributed by atoms with Crippen LogP contribution in [0.2, 0.25) is 0 Å². The zero-order valence-electron chi connectivity index (χ0n) is 23.4. The van der Waals surface area contributed by atoms with E-state index in [1.165, 1.54) is 4.90 Å². The molecule has 224 valence electrons. The number of rotatable bonds is 7. The van der Waals surface area contributed by atoms with Crippen molar-refractivity contribution in [1.29, 1.82) is 5.26 Å². The van der Waals surface area contributed by atoms with Gasteiger partial charge in [0, 0.05) is 37.6 Å². The Bertz CT molecular complexity index is 1510. The molecule has 2 fully saturated rings. The Morgan fingerprint density at radius 1 is 0.953 bits per heavy atom. The second-order valence-electron chi connectivity index (χ2n) is 10.7. The predicted molar refractivity (Wildman–Crippen MR) is 155 cm³/mol. The normalized spacial score (nSPS) is 17.1. The highest BCUT2D eigenvalue weighted by molar-refractivity contribution is 6.02. The van der Waals surface area contributed by atoms with E-state index in [4.69, 9.17) is 0 Å². The van der Waals surface area contributed by atoms with Gasteiger partial charge in [-0.05, 0) is 85.8 Å². The van der Waals surface area contributed by atoms with Crippen LogP contribution in [0.15, 0.2) is 66.7 Å². The summed E-state index contributed by atoms with van der Waals surface area (Å²) in [4.78, 5) is 32.0. The van der Waals surface area contributed by atoms with Crippen LogP contribution >= 0.6 is 0 Å². The van der Waals surface area contributed by atoms with Crippen molar-refractivity contribution in [2.45, 2.75) is 37.9 Å². The molecule has 2 aliphatic rings. The highest BCUT2D eigenvalue weighted by Gasteiger charge is 2.36. The van der Waals surface area contributed by atoms with Crippen molar-refractivity contribution in [3.63, 3.8) is 0 Å². The number of hydrogen-bond donors (Lipinski definition) is 1. The van der Waals surface area contributed by atoms with Gasteiger partial charge in [0.15, 0.2) is 0 Å². The van der Waals surface area contributed by atoms with Crippen LogP contribution in [0.1, 0.15) is 36.8 Å². The average Bonchev–Trinajstić information content (AvgIpc) is 3.71. The predicted octanol–water partition coefficient (Wildman–Crippen LogP) is 6.51. The summed E-state index contributed by atoms with van der Waals surface area (Å²) in [6, 6.07) is 17.6. The van der Waals surface area contributed by atoms with E-state index in [2.05, 4.69) is 16.3 Å². The van der Waals surface area contributed by atoms with Crippen LogP contribution in [0.3, 0.4) is 0 Å². The van der Waals surface area contributed by atoms with Crippen LogP contribution in [-0.4, -0.2) is 60.5 Å². The standard InChI is InChI=1S/C32H31F4N5O2/c33-28-13-10-25(20-27(28)32(34,35)36)38-31(43)41(18-17-39-16-4-7-29(39)30(42)40-14-1-2-15-40)26-11-8-23(9-12-26)24-6-3-5-22(19-24)21-37/h3,5-6,8-13,19-20,29H,1-2,4,7,14-18H2,(H,38,43)/t29-/m1/s1. The van der Waals surface area contributed by atoms with E-state index in [1.54, 1.807) is 42.5 Å². The maximum atomic E-state index is 13.9. The lowest BCUT2D eigenvalue weighted by molar-refractivity contribution is -0.140. The van der Waals surface area contributed by atoms with Crippen LogP contribution in [0.5, 0.6) is 0 Å². The minimum atomic E-state index is -4.92. The third-order valence-electron chi connectivity index (χ3n) is 7.95. The van der Waals surface area contributed by atoms with Gasteiger partial charge in [-0.15, -0.1) is 0 Å². The van der Waals surface area contributed by atoms with Gasteiger partial charge in [0.05, 0.1) is 23.2 Å². The van der Waals surface area contributed by atoms with Crippen molar-refractivity contribution >= 4 is 23.3 Å². The van der Waals surface area contributed by atoms with Crippen LogP contribution in [0, 0.1) is 17.1 Å². The maximum absolute atomic E-state index is 13.9. The van der Waals surface area contributed by atoms with E-state index in [-0.39, 0.29) is 24.2 Å². The smallest absolute Gasteiger partial charge is 0.341 e. The maximum Gasteiger partial charge on any atom is 0.419 e. The molecule has 0 aromatic heterocycles. The molecule has 2 aliphatic heterocycles. The van der Waals surface area contributed by atoms with Crippen molar-refractivity contribution in [3.8, 4) is 17.2 Å². The van der Waals surface area contributed by atoms with Gasteiger partial charge in [0.25, 0.3) is 0 Å². The average molecular weight is 594 g/mol. The molecule has 0 unspecified atom stereocenters. The second-order valence-corrected chi connectivity index (χ2v) is 10.7. The van der Waals surface area contributed by atoms with Crippen molar-refractivity contribution in [2.75, 3.05) is 42.9 Å². The van der Waals surface area contributed by atoms with Gasteiger partial charge in [-0.2, -0.15) is 18.4 Å². The van der Waals surface area contributed by atoms with Crippen LogP contribution in [-0.2, 0) is 11.0 Å². The lowest BCUT2D eigenvalue weighted by Gasteiger charge is -2.30. The Hall–Kier alpha value is -4.43. The van der Waals surface area contributed by atoms with Gasteiger partial charge >= 0.3 is 12.2 Å². The van der Waals surface area contributed by atoms with Crippen molar-refractivity contribution < 1.29 is 27.2 Å². The minimum absolute atomic E-state index is 0.0981. The summed E-state index contributed by atoms with van der Waals surface area (Å²) in [6.45, 7) is 2.73. The largest absolute Gasteiger partial charge is 0.419 e. The van der Waals surface area contributed by atoms with Crippen molar-refractivity contribution in [3.05, 3.63) is 83.7 Å². The fourth-order valence-electron chi connectivity index (χ4n) is 5.71. The first kappa shape index (κ1) is 30.0. The number of carbonyl (C=O) groups is 2. The molecule has 11 heteroatoms. The lowest BCUT2D eigenvalue weighted by atomic mass is 10.0. The second kappa shape index (κ2) is 12.8. The Morgan fingerprint density at radius 2 is 1.70 bits per heavy atom. The monoisotopic (exact) mass is 593 g/mol. The highest BCUT2D eigenvalue weighted by atomic mass is 19.4. The fourth-order valence-corrected chi connectivity index (χ4v) is 5.71. The number of hydrogen-bond acceptors (Lipinski definition) is 4. The third-order valence-corrected chi connectivity index (χ3v) is 7.95. The van der Waals surface area contributed by atoms with Gasteiger partial charge in [0.1, 0.15) is 5.82 Å². The number of halogens is 4. The van der Waals surface area contributed by atoms with E-state index in [1.807, 2.05) is 11.0 Å². The molecule has 43 heavy (non-hydrogen) atoms. The number of nitrogens with zero attached hydrogens (tertiary/aromatic N) is 4. The first-order valence-electron chi connectivity index (χ1n) is 14.2. The molecule has 5 rings (SSSR count). The summed E-state index contributed by atoms with van der Waals surface area (Å²) in [7, 11) is 0. The van der Waals surface area contributed by atoms with Crippen LogP contribution in [0.25, 0.3) is 11.1 Å². The molecule has 1 N–H and O–H groups in total. The number of alkyl halides is 3. The van der Waals surface area contributed by atoms with E-state index >= 15 is 0 Å². The number of carbonyl (C=O) groups excluding carboxylic acids is 2. The Balaban J connectivity index is 1.38. The summed E-state index contributed by atoms with van der Waals surface area (Å²) < 4.78 is 53.8. The molecule has 2 saturated heterocycles. The van der Waals surface area contributed by atoms with Crippen molar-refractivity contribution in [2.24, 2.45) is 0 Å². The number of benzene rings is 3. The quantitative estimate of drug-likeness (QED) is 0.317. The van der Waals surface area contributed by atoms with E-state index in [9.17, 15) is 32.4 Å². The molecule has 0 aliphatic carbocycles. The first-order chi connectivity index (χ1) is 20.6. The fraction of sp³-hybridized carbons (Fsp3) is 0.344. The van der Waals surface area contributed by atoms with Gasteiger partial charge in [-0.3, -0.25) is 14.6 Å². The van der Waals surface area contributed by atoms with E-state index in [0.717, 1.165) is 56.0 Å². The summed E-state index contributed by atoms with van der Waals surface area (Å²) in [5.74, 6) is -1.33. The summed E-state index contributed by atoms with van der Waals surface area (Å²) in [5, 5.41) is 11.7. The number of anilines is 2. The Kier molecular flexibility index (Phi) is 8.97. The molecule has 3 aromatic carbocycles. The lowest BCUT2D eigenvalue weighted by Crippen LogP contribution is -2.48. The van der Waals surface area contributed by atoms with Gasteiger partial charge < -0.3 is 10.2 Å². The molecule has 3 amide bonds. The minimum Gasteiger partial charge on any atom is -0.341 e. The third kappa shape index (κ3) is 6.97. The molecule has 0 saturated carbocycles. The molecule has 3 aromatic rings. The molecule has 0 spiro atoms. The van der Waals surface area contributed by atoms with Crippen molar-refractivity contribution in [1.82, 2.24) is 9.80 Å². The number of urea groups is 1. The van der Waals surface area contributed by atoms with Gasteiger partial charge in [0.2, 0.25) is 5.91 Å². The molecule has 1 atom stereocenters. The van der Waals surface area contributed by atoms with E-state index in [0.29, 0.717) is 36.5 Å². The van der Waals surface area contributed by atoms with Gasteiger partial charge in [-0.1, -0.05) is 24.3 Å². The zero-order chi connectivity index (χ0) is 30.6. The molecular formula is C32H31F4N5O2. The Morgan fingerprint density at radius 3 is 2.40 bits per heavy atom.